The molecule has 1 fully saturated rings. The van der Waals surface area contributed by atoms with E-state index in [0.717, 1.165) is 36.4 Å². The summed E-state index contributed by atoms with van der Waals surface area (Å²) in [5.74, 6) is 4.26. The number of nitrogens with zero attached hydrogens (tertiary/aromatic N) is 5. The molecule has 1 aliphatic rings. The summed E-state index contributed by atoms with van der Waals surface area (Å²) in [6.07, 6.45) is 12.5. The Balaban J connectivity index is 1.58. The van der Waals surface area contributed by atoms with Crippen molar-refractivity contribution < 1.29 is 8.42 Å². The number of H-pyrrole nitrogens is 1. The Labute approximate surface area is 163 Å². The maximum atomic E-state index is 11.7. The molecule has 1 N–H and O–H groups in total. The van der Waals surface area contributed by atoms with E-state index in [0.29, 0.717) is 12.4 Å². The molecule has 28 heavy (non-hydrogen) atoms. The average Bonchev–Trinajstić information content (AvgIpc) is 3.34. The van der Waals surface area contributed by atoms with Crippen LogP contribution < -0.4 is 9.80 Å². The van der Waals surface area contributed by atoms with E-state index in [1.807, 2.05) is 17.2 Å². The molecule has 3 aromatic rings. The van der Waals surface area contributed by atoms with Crippen molar-refractivity contribution in [3.8, 4) is 12.3 Å². The number of aromatic nitrogens is 4. The molecule has 0 amide bonds. The summed E-state index contributed by atoms with van der Waals surface area (Å²) >= 11 is 0. The topological polar surface area (TPSA) is 95.1 Å². The van der Waals surface area contributed by atoms with Gasteiger partial charge < -0.3 is 14.8 Å². The molecule has 144 valence electrons. The van der Waals surface area contributed by atoms with Crippen LogP contribution in [0.1, 0.15) is 6.42 Å². The Hall–Kier alpha value is -3.12. The van der Waals surface area contributed by atoms with Crippen molar-refractivity contribution >= 4 is 32.5 Å². The molecule has 3 aromatic heterocycles. The Kier molecular flexibility index (Phi) is 4.65. The van der Waals surface area contributed by atoms with Gasteiger partial charge in [-0.1, -0.05) is 5.92 Å². The summed E-state index contributed by atoms with van der Waals surface area (Å²) in [4.78, 5) is 20.6. The first-order valence-electron chi connectivity index (χ1n) is 8.86. The van der Waals surface area contributed by atoms with Crippen LogP contribution in [0.2, 0.25) is 0 Å². The van der Waals surface area contributed by atoms with E-state index in [1.54, 1.807) is 18.5 Å². The number of sulfone groups is 1. The molecule has 0 aliphatic carbocycles. The van der Waals surface area contributed by atoms with Gasteiger partial charge in [0.05, 0.1) is 22.9 Å². The Morgan fingerprint density at radius 2 is 2.18 bits per heavy atom. The van der Waals surface area contributed by atoms with Crippen LogP contribution in [-0.2, 0) is 9.84 Å². The van der Waals surface area contributed by atoms with E-state index in [9.17, 15) is 8.42 Å². The minimum absolute atomic E-state index is 0.150. The fourth-order valence-corrected chi connectivity index (χ4v) is 4.12. The van der Waals surface area contributed by atoms with Crippen LogP contribution in [0, 0.1) is 12.3 Å². The maximum absolute atomic E-state index is 11.7. The Morgan fingerprint density at radius 1 is 1.32 bits per heavy atom. The molecule has 1 saturated heterocycles. The molecular formula is C19H20N6O2S. The molecular weight excluding hydrogens is 376 g/mol. The second-order valence-electron chi connectivity index (χ2n) is 6.78. The molecule has 1 atom stereocenters. The second-order valence-corrected chi connectivity index (χ2v) is 8.80. The lowest BCUT2D eigenvalue weighted by atomic mass is 10.2. The highest BCUT2D eigenvalue weighted by atomic mass is 32.2. The van der Waals surface area contributed by atoms with Crippen molar-refractivity contribution in [2.75, 3.05) is 35.7 Å². The summed E-state index contributed by atoms with van der Waals surface area (Å²) in [6.45, 7) is 1.98. The molecule has 4 heterocycles. The molecule has 0 spiro atoms. The number of nitrogens with one attached hydrogen (secondary N) is 1. The van der Waals surface area contributed by atoms with Crippen LogP contribution in [0.3, 0.4) is 0 Å². The third-order valence-electron chi connectivity index (χ3n) is 4.94. The van der Waals surface area contributed by atoms with Crippen molar-refractivity contribution in [2.24, 2.45) is 0 Å². The van der Waals surface area contributed by atoms with E-state index in [4.69, 9.17) is 6.42 Å². The van der Waals surface area contributed by atoms with Gasteiger partial charge in [0.2, 0.25) is 0 Å². The average molecular weight is 396 g/mol. The lowest BCUT2D eigenvalue weighted by Gasteiger charge is -2.28. The van der Waals surface area contributed by atoms with Crippen molar-refractivity contribution in [1.29, 1.82) is 0 Å². The van der Waals surface area contributed by atoms with E-state index < -0.39 is 9.84 Å². The van der Waals surface area contributed by atoms with Crippen LogP contribution in [0.5, 0.6) is 0 Å². The standard InChI is InChI=1S/C19H20N6O2S/c1-3-9-25(17-5-4-15(11-21-17)28(2,26)27)14-7-10-24(12-14)19-16-6-8-20-18(16)22-13-23-19/h1,4-6,8,11,13-14H,7,9-10,12H2,2H3,(H,20,22,23)/t14-/m1/s1. The number of aromatic amines is 1. The number of hydrogen-bond donors (Lipinski definition) is 1. The molecule has 0 aromatic carbocycles. The zero-order valence-corrected chi connectivity index (χ0v) is 16.2. The van der Waals surface area contributed by atoms with Crippen molar-refractivity contribution in [2.45, 2.75) is 17.4 Å². The summed E-state index contributed by atoms with van der Waals surface area (Å²) in [5.41, 5.74) is 0.812. The monoisotopic (exact) mass is 396 g/mol. The van der Waals surface area contributed by atoms with Gasteiger partial charge in [0.25, 0.3) is 0 Å². The SMILES string of the molecule is C#CCN(c1ccc(S(C)(=O)=O)cn1)[C@@H]1CCN(c2ncnc3[nH]ccc23)C1. The van der Waals surface area contributed by atoms with Gasteiger partial charge in [0.15, 0.2) is 9.84 Å². The van der Waals surface area contributed by atoms with Crippen molar-refractivity contribution in [3.63, 3.8) is 0 Å². The predicted molar refractivity (Wildman–Crippen MR) is 108 cm³/mol. The molecule has 8 nitrogen and oxygen atoms in total. The van der Waals surface area contributed by atoms with Crippen LogP contribution in [0.25, 0.3) is 11.0 Å². The van der Waals surface area contributed by atoms with E-state index in [2.05, 4.69) is 30.8 Å². The van der Waals surface area contributed by atoms with Gasteiger partial charge in [-0.15, -0.1) is 6.42 Å². The second kappa shape index (κ2) is 7.13. The number of terminal acetylenes is 1. The van der Waals surface area contributed by atoms with Gasteiger partial charge >= 0.3 is 0 Å². The predicted octanol–water partition coefficient (Wildman–Crippen LogP) is 1.47. The molecule has 9 heteroatoms. The van der Waals surface area contributed by atoms with Crippen molar-refractivity contribution in [3.05, 3.63) is 36.9 Å². The highest BCUT2D eigenvalue weighted by Crippen LogP contribution is 2.28. The van der Waals surface area contributed by atoms with E-state index in [1.165, 1.54) is 12.5 Å². The first-order valence-corrected chi connectivity index (χ1v) is 10.8. The van der Waals surface area contributed by atoms with Crippen LogP contribution in [0.4, 0.5) is 11.6 Å². The van der Waals surface area contributed by atoms with Gasteiger partial charge in [-0.3, -0.25) is 0 Å². The molecule has 4 rings (SSSR count). The molecule has 0 bridgehead atoms. The lowest BCUT2D eigenvalue weighted by molar-refractivity contribution is 0.601. The summed E-state index contributed by atoms with van der Waals surface area (Å²) in [5, 5.41) is 0.988. The maximum Gasteiger partial charge on any atom is 0.177 e. The lowest BCUT2D eigenvalue weighted by Crippen LogP contribution is -2.38. The smallest absolute Gasteiger partial charge is 0.177 e. The Morgan fingerprint density at radius 3 is 2.89 bits per heavy atom. The zero-order chi connectivity index (χ0) is 19.7. The van der Waals surface area contributed by atoms with E-state index >= 15 is 0 Å². The minimum Gasteiger partial charge on any atom is -0.354 e. The Bertz CT molecular complexity index is 1130. The highest BCUT2D eigenvalue weighted by Gasteiger charge is 2.30. The summed E-state index contributed by atoms with van der Waals surface area (Å²) in [6, 6.07) is 5.41. The van der Waals surface area contributed by atoms with Gasteiger partial charge in [-0.25, -0.2) is 23.4 Å². The number of pyridine rings is 1. The molecule has 1 aliphatic heterocycles. The number of hydrogen-bond acceptors (Lipinski definition) is 7. The quantitative estimate of drug-likeness (QED) is 0.653. The highest BCUT2D eigenvalue weighted by molar-refractivity contribution is 7.90. The van der Waals surface area contributed by atoms with E-state index in [-0.39, 0.29) is 10.9 Å². The third-order valence-corrected chi connectivity index (χ3v) is 6.04. The minimum atomic E-state index is -3.28. The van der Waals surface area contributed by atoms with Crippen LogP contribution in [-0.4, -0.2) is 60.3 Å². The number of anilines is 2. The van der Waals surface area contributed by atoms with Gasteiger partial charge in [0, 0.05) is 31.7 Å². The fourth-order valence-electron chi connectivity index (χ4n) is 3.56. The zero-order valence-electron chi connectivity index (χ0n) is 15.4. The molecule has 0 radical (unpaired) electrons. The van der Waals surface area contributed by atoms with Crippen LogP contribution >= 0.6 is 0 Å². The molecule has 0 unspecified atom stereocenters. The van der Waals surface area contributed by atoms with Crippen molar-refractivity contribution in [1.82, 2.24) is 19.9 Å². The van der Waals surface area contributed by atoms with Crippen LogP contribution in [0.15, 0.2) is 41.8 Å². The first-order chi connectivity index (χ1) is 13.5. The largest absolute Gasteiger partial charge is 0.354 e. The number of fused-ring (bicyclic) bond motifs is 1. The molecule has 0 saturated carbocycles. The summed E-state index contributed by atoms with van der Waals surface area (Å²) < 4.78 is 23.3. The van der Waals surface area contributed by atoms with Gasteiger partial charge in [0.1, 0.15) is 23.6 Å². The fraction of sp³-hybridized carbons (Fsp3) is 0.316. The third kappa shape index (κ3) is 3.39. The summed E-state index contributed by atoms with van der Waals surface area (Å²) in [7, 11) is -3.28. The normalized spacial score (nSPS) is 17.0. The number of rotatable bonds is 5. The first kappa shape index (κ1) is 18.3. The van der Waals surface area contributed by atoms with Gasteiger partial charge in [-0.2, -0.15) is 0 Å². The van der Waals surface area contributed by atoms with Gasteiger partial charge in [-0.05, 0) is 24.6 Å².